The molecule has 1 saturated heterocycles. The Morgan fingerprint density at radius 1 is 1.35 bits per heavy atom. The van der Waals surface area contributed by atoms with Gasteiger partial charge in [-0.25, -0.2) is 13.4 Å². The van der Waals surface area contributed by atoms with Gasteiger partial charge >= 0.3 is 6.18 Å². The first-order valence-electron chi connectivity index (χ1n) is 7.85. The van der Waals surface area contributed by atoms with Crippen LogP contribution in [0.15, 0.2) is 4.99 Å². The minimum Gasteiger partial charge on any atom is -0.357 e. The second-order valence-electron chi connectivity index (χ2n) is 6.54. The minimum atomic E-state index is -4.47. The Labute approximate surface area is 169 Å². The van der Waals surface area contributed by atoms with E-state index in [1.165, 1.54) is 0 Å². The van der Waals surface area contributed by atoms with Gasteiger partial charge in [0, 0.05) is 26.7 Å². The van der Waals surface area contributed by atoms with Crippen molar-refractivity contribution in [1.82, 2.24) is 15.1 Å². The van der Waals surface area contributed by atoms with E-state index >= 15 is 0 Å². The van der Waals surface area contributed by atoms with Crippen molar-refractivity contribution in [1.29, 1.82) is 0 Å². The van der Waals surface area contributed by atoms with Gasteiger partial charge in [-0.15, -0.1) is 24.0 Å². The van der Waals surface area contributed by atoms with Crippen LogP contribution in [0.1, 0.15) is 20.8 Å². The van der Waals surface area contributed by atoms with Gasteiger partial charge in [0.25, 0.3) is 0 Å². The number of guanidine groups is 1. The molecule has 1 aliphatic heterocycles. The number of nitrogens with one attached hydrogen (secondary N) is 1. The highest BCUT2D eigenvalue weighted by Gasteiger charge is 2.41. The molecule has 7 nitrogen and oxygen atoms in total. The standard InChI is InChI=1S/C14H25F3N4O3S.HI/c1-5-18-12(19-8-11(22)20(4)10-14(15,16)17)21-6-7-25(23,24)13(2,3)9-21;/h5-10H2,1-4H3,(H,18,19);1H. The third-order valence-electron chi connectivity index (χ3n) is 3.88. The number of carbonyl (C=O) groups excluding carboxylic acids is 1. The smallest absolute Gasteiger partial charge is 0.357 e. The van der Waals surface area contributed by atoms with Gasteiger partial charge < -0.3 is 15.1 Å². The quantitative estimate of drug-likeness (QED) is 0.346. The first-order chi connectivity index (χ1) is 11.3. The molecule has 1 aliphatic rings. The molecule has 0 unspecified atom stereocenters. The van der Waals surface area contributed by atoms with Crippen LogP contribution in [-0.2, 0) is 14.6 Å². The van der Waals surface area contributed by atoms with Crippen molar-refractivity contribution in [3.8, 4) is 0 Å². The van der Waals surface area contributed by atoms with Crippen molar-refractivity contribution >= 4 is 45.7 Å². The summed E-state index contributed by atoms with van der Waals surface area (Å²) in [6.07, 6.45) is -4.47. The van der Waals surface area contributed by atoms with Crippen LogP contribution >= 0.6 is 24.0 Å². The fourth-order valence-electron chi connectivity index (χ4n) is 2.37. The van der Waals surface area contributed by atoms with Crippen molar-refractivity contribution in [3.63, 3.8) is 0 Å². The zero-order valence-corrected chi connectivity index (χ0v) is 18.4. The lowest BCUT2D eigenvalue weighted by Crippen LogP contribution is -2.57. The molecular formula is C14H26F3IN4O3S. The summed E-state index contributed by atoms with van der Waals surface area (Å²) in [5.41, 5.74) is 0. The van der Waals surface area contributed by atoms with Gasteiger partial charge in [-0.05, 0) is 20.8 Å². The van der Waals surface area contributed by atoms with Crippen LogP contribution in [-0.4, -0.2) is 86.5 Å². The van der Waals surface area contributed by atoms with Gasteiger partial charge in [0.1, 0.15) is 13.1 Å². The predicted octanol–water partition coefficient (Wildman–Crippen LogP) is 1.10. The van der Waals surface area contributed by atoms with Crippen LogP contribution in [0.3, 0.4) is 0 Å². The molecule has 1 heterocycles. The second-order valence-corrected chi connectivity index (χ2v) is 9.28. The second kappa shape index (κ2) is 9.42. The van der Waals surface area contributed by atoms with E-state index in [9.17, 15) is 26.4 Å². The van der Waals surface area contributed by atoms with Gasteiger partial charge in [0.2, 0.25) is 5.91 Å². The minimum absolute atomic E-state index is 0. The average molecular weight is 514 g/mol. The van der Waals surface area contributed by atoms with Crippen molar-refractivity contribution in [2.24, 2.45) is 4.99 Å². The molecule has 1 rings (SSSR count). The molecule has 12 heteroatoms. The number of rotatable bonds is 4. The fraction of sp³-hybridized carbons (Fsp3) is 0.857. The lowest BCUT2D eigenvalue weighted by Gasteiger charge is -2.39. The molecule has 1 amide bonds. The van der Waals surface area contributed by atoms with E-state index in [1.807, 2.05) is 0 Å². The SMILES string of the molecule is CCNC(=NCC(=O)N(C)CC(F)(F)F)N1CCS(=O)(=O)C(C)(C)C1.I. The van der Waals surface area contributed by atoms with Gasteiger partial charge in [-0.3, -0.25) is 4.79 Å². The molecule has 1 fully saturated rings. The number of likely N-dealkylation sites (N-methyl/N-ethyl adjacent to an activating group) is 1. The number of halogens is 4. The number of sulfone groups is 1. The van der Waals surface area contributed by atoms with Gasteiger partial charge in [-0.1, -0.05) is 0 Å². The summed E-state index contributed by atoms with van der Waals surface area (Å²) in [5.74, 6) is -0.498. The van der Waals surface area contributed by atoms with Crippen LogP contribution in [0.25, 0.3) is 0 Å². The zero-order valence-electron chi connectivity index (χ0n) is 15.3. The molecular weight excluding hydrogens is 488 g/mol. The van der Waals surface area contributed by atoms with Crippen molar-refractivity contribution < 1.29 is 26.4 Å². The van der Waals surface area contributed by atoms with Gasteiger partial charge in [0.05, 0.1) is 10.5 Å². The predicted molar refractivity (Wildman–Crippen MR) is 105 cm³/mol. The average Bonchev–Trinajstić information content (AvgIpc) is 2.44. The highest BCUT2D eigenvalue weighted by atomic mass is 127. The normalized spacial score (nSPS) is 19.5. The summed E-state index contributed by atoms with van der Waals surface area (Å²) in [7, 11) is -2.17. The number of hydrogen-bond acceptors (Lipinski definition) is 4. The van der Waals surface area contributed by atoms with E-state index in [2.05, 4.69) is 10.3 Å². The molecule has 0 aromatic carbocycles. The van der Waals surface area contributed by atoms with Crippen LogP contribution in [0.2, 0.25) is 0 Å². The monoisotopic (exact) mass is 514 g/mol. The molecule has 26 heavy (non-hydrogen) atoms. The highest BCUT2D eigenvalue weighted by molar-refractivity contribution is 14.0. The molecule has 1 N–H and O–H groups in total. The Hall–Kier alpha value is -0.790. The molecule has 0 aromatic rings. The number of hydrogen-bond donors (Lipinski definition) is 1. The summed E-state index contributed by atoms with van der Waals surface area (Å²) < 4.78 is 60.1. The van der Waals surface area contributed by atoms with E-state index in [4.69, 9.17) is 0 Å². The Morgan fingerprint density at radius 3 is 2.38 bits per heavy atom. The lowest BCUT2D eigenvalue weighted by atomic mass is 10.2. The first-order valence-corrected chi connectivity index (χ1v) is 9.50. The summed E-state index contributed by atoms with van der Waals surface area (Å²) in [6, 6.07) is 0. The molecule has 0 spiro atoms. The maximum absolute atomic E-state index is 12.3. The maximum atomic E-state index is 12.3. The number of aliphatic imine (C=N–C) groups is 1. The summed E-state index contributed by atoms with van der Waals surface area (Å²) in [5, 5.41) is 2.95. The summed E-state index contributed by atoms with van der Waals surface area (Å²) in [6.45, 7) is 4.12. The van der Waals surface area contributed by atoms with E-state index in [0.717, 1.165) is 7.05 Å². The van der Waals surface area contributed by atoms with E-state index < -0.39 is 39.8 Å². The van der Waals surface area contributed by atoms with E-state index in [0.29, 0.717) is 17.4 Å². The van der Waals surface area contributed by atoms with E-state index in [1.54, 1.807) is 25.7 Å². The first kappa shape index (κ1) is 25.2. The maximum Gasteiger partial charge on any atom is 0.406 e. The zero-order chi connectivity index (χ0) is 19.5. The number of nitrogens with zero attached hydrogens (tertiary/aromatic N) is 3. The van der Waals surface area contributed by atoms with Crippen LogP contribution in [0, 0.1) is 0 Å². The van der Waals surface area contributed by atoms with Crippen LogP contribution in [0.4, 0.5) is 13.2 Å². The number of alkyl halides is 3. The Morgan fingerprint density at radius 2 is 1.92 bits per heavy atom. The van der Waals surface area contributed by atoms with Crippen molar-refractivity contribution in [2.75, 3.05) is 45.5 Å². The number of amides is 1. The van der Waals surface area contributed by atoms with Crippen molar-refractivity contribution in [2.45, 2.75) is 31.7 Å². The summed E-state index contributed by atoms with van der Waals surface area (Å²) in [4.78, 5) is 18.2. The Balaban J connectivity index is 0.00000625. The molecule has 0 aliphatic carbocycles. The topological polar surface area (TPSA) is 82.1 Å². The molecule has 0 bridgehead atoms. The molecule has 0 aromatic heterocycles. The van der Waals surface area contributed by atoms with Crippen LogP contribution in [0.5, 0.6) is 0 Å². The van der Waals surface area contributed by atoms with E-state index in [-0.39, 0.29) is 42.8 Å². The third-order valence-corrected chi connectivity index (χ3v) is 6.42. The molecule has 0 radical (unpaired) electrons. The number of carbonyl (C=O) groups is 1. The Kier molecular flexibility index (Phi) is 9.13. The third kappa shape index (κ3) is 7.08. The lowest BCUT2D eigenvalue weighted by molar-refractivity contribution is -0.157. The van der Waals surface area contributed by atoms with Gasteiger partial charge in [0.15, 0.2) is 15.8 Å². The molecule has 0 saturated carbocycles. The fourth-order valence-corrected chi connectivity index (χ4v) is 3.74. The Bertz CT molecular complexity index is 623. The van der Waals surface area contributed by atoms with Crippen molar-refractivity contribution in [3.05, 3.63) is 0 Å². The van der Waals surface area contributed by atoms with Crippen LogP contribution < -0.4 is 5.32 Å². The summed E-state index contributed by atoms with van der Waals surface area (Å²) >= 11 is 0. The molecule has 0 atom stereocenters. The highest BCUT2D eigenvalue weighted by Crippen LogP contribution is 2.23. The van der Waals surface area contributed by atoms with Gasteiger partial charge in [-0.2, -0.15) is 13.2 Å². The molecule has 154 valence electrons. The largest absolute Gasteiger partial charge is 0.406 e.